The molecule has 5 rings (SSSR count). The molecule has 6 nitrogen and oxygen atoms in total. The van der Waals surface area contributed by atoms with Crippen LogP contribution in [0.1, 0.15) is 33.9 Å². The van der Waals surface area contributed by atoms with E-state index in [9.17, 15) is 4.79 Å². The number of hydrogen-bond acceptors (Lipinski definition) is 5. The summed E-state index contributed by atoms with van der Waals surface area (Å²) in [6.07, 6.45) is 1.77. The molecule has 3 heterocycles. The second-order valence-electron chi connectivity index (χ2n) is 7.57. The molecule has 164 valence electrons. The van der Waals surface area contributed by atoms with Crippen LogP contribution in [0.5, 0.6) is 0 Å². The van der Waals surface area contributed by atoms with Crippen LogP contribution in [0, 0.1) is 0 Å². The lowest BCUT2D eigenvalue weighted by molar-refractivity contribution is 0.0601. The fraction of sp³-hybridized carbons (Fsp3) is 0.115. The number of pyridine rings is 1. The summed E-state index contributed by atoms with van der Waals surface area (Å²) >= 11 is 5.73. The van der Waals surface area contributed by atoms with Crippen LogP contribution >= 0.6 is 12.2 Å². The number of carbonyl (C=O) groups excluding carboxylic acids is 1. The molecule has 2 atom stereocenters. The highest BCUT2D eigenvalue weighted by molar-refractivity contribution is 7.80. The average Bonchev–Trinajstić information content (AvgIpc) is 3.49. The molecule has 1 N–H and O–H groups in total. The molecule has 1 saturated heterocycles. The molecule has 0 spiro atoms. The molecule has 0 radical (unpaired) electrons. The molecule has 1 fully saturated rings. The van der Waals surface area contributed by atoms with Crippen LogP contribution in [-0.4, -0.2) is 23.2 Å². The lowest BCUT2D eigenvalue weighted by atomic mass is 10.0. The Morgan fingerprint density at radius 1 is 1.00 bits per heavy atom. The number of rotatable bonds is 5. The smallest absolute Gasteiger partial charge is 0.338 e. The molecule has 2 aromatic heterocycles. The van der Waals surface area contributed by atoms with Gasteiger partial charge < -0.3 is 19.4 Å². The van der Waals surface area contributed by atoms with Gasteiger partial charge in [-0.25, -0.2) is 4.79 Å². The molecule has 7 heteroatoms. The molecule has 0 unspecified atom stereocenters. The van der Waals surface area contributed by atoms with Gasteiger partial charge in [-0.15, -0.1) is 0 Å². The number of nitrogens with one attached hydrogen (secondary N) is 1. The van der Waals surface area contributed by atoms with Gasteiger partial charge >= 0.3 is 5.97 Å². The van der Waals surface area contributed by atoms with Gasteiger partial charge in [-0.2, -0.15) is 0 Å². The van der Waals surface area contributed by atoms with Gasteiger partial charge in [0.2, 0.25) is 0 Å². The van der Waals surface area contributed by atoms with Gasteiger partial charge in [-0.1, -0.05) is 42.5 Å². The summed E-state index contributed by atoms with van der Waals surface area (Å²) in [7, 11) is 1.37. The van der Waals surface area contributed by atoms with E-state index in [1.807, 2.05) is 77.7 Å². The maximum atomic E-state index is 12.3. The van der Waals surface area contributed by atoms with Crippen LogP contribution in [0.25, 0.3) is 11.3 Å². The first-order chi connectivity index (χ1) is 16.2. The van der Waals surface area contributed by atoms with Crippen LogP contribution in [0.4, 0.5) is 5.69 Å². The number of ether oxygens (including phenoxy) is 1. The standard InChI is InChI=1S/C26H21N3O3S/c1-31-25(30)19-12-6-5-11-18(19)21-14-15-22(32-21)24-23(20-13-7-8-16-27-20)28-26(33)29(24)17-9-3-2-4-10-17/h2-16,23-24H,1H3,(H,28,33)/t23-,24+/m0/s1. The van der Waals surface area contributed by atoms with Crippen molar-refractivity contribution >= 4 is 29.0 Å². The largest absolute Gasteiger partial charge is 0.465 e. The minimum atomic E-state index is -0.412. The predicted octanol–water partition coefficient (Wildman–Crippen LogP) is 5.31. The van der Waals surface area contributed by atoms with Gasteiger partial charge in [0.25, 0.3) is 0 Å². The van der Waals surface area contributed by atoms with Crippen molar-refractivity contribution in [2.24, 2.45) is 0 Å². The lowest BCUT2D eigenvalue weighted by Crippen LogP contribution is -2.29. The molecule has 2 aromatic carbocycles. The van der Waals surface area contributed by atoms with Crippen molar-refractivity contribution in [1.29, 1.82) is 0 Å². The summed E-state index contributed by atoms with van der Waals surface area (Å²) in [5.41, 5.74) is 2.93. The summed E-state index contributed by atoms with van der Waals surface area (Å²) in [6, 6.07) is 26.3. The van der Waals surface area contributed by atoms with Crippen molar-refractivity contribution in [2.45, 2.75) is 12.1 Å². The Labute approximate surface area is 196 Å². The van der Waals surface area contributed by atoms with Crippen molar-refractivity contribution in [3.8, 4) is 11.3 Å². The second kappa shape index (κ2) is 8.88. The number of para-hydroxylation sites is 1. The highest BCUT2D eigenvalue weighted by atomic mass is 32.1. The van der Waals surface area contributed by atoms with Gasteiger partial charge in [0, 0.05) is 17.4 Å². The van der Waals surface area contributed by atoms with Gasteiger partial charge in [-0.3, -0.25) is 4.98 Å². The summed E-state index contributed by atoms with van der Waals surface area (Å²) in [5, 5.41) is 4.01. The first-order valence-electron chi connectivity index (χ1n) is 10.5. The molecule has 33 heavy (non-hydrogen) atoms. The van der Waals surface area contributed by atoms with E-state index in [4.69, 9.17) is 21.4 Å². The second-order valence-corrected chi connectivity index (χ2v) is 7.96. The normalized spacial score (nSPS) is 17.6. The van der Waals surface area contributed by atoms with Crippen molar-refractivity contribution in [3.05, 3.63) is 108 Å². The first-order valence-corrected chi connectivity index (χ1v) is 10.9. The summed E-state index contributed by atoms with van der Waals surface area (Å²) in [5.74, 6) is 0.873. The highest BCUT2D eigenvalue weighted by Gasteiger charge is 2.42. The predicted molar refractivity (Wildman–Crippen MR) is 130 cm³/mol. The van der Waals surface area contributed by atoms with E-state index in [0.717, 1.165) is 11.4 Å². The Bertz CT molecular complexity index is 1290. The third-order valence-electron chi connectivity index (χ3n) is 5.65. The van der Waals surface area contributed by atoms with Crippen molar-refractivity contribution in [2.75, 3.05) is 12.0 Å². The zero-order valence-electron chi connectivity index (χ0n) is 17.8. The van der Waals surface area contributed by atoms with Crippen molar-refractivity contribution in [3.63, 3.8) is 0 Å². The number of aromatic nitrogens is 1. The number of carbonyl (C=O) groups is 1. The Morgan fingerprint density at radius 3 is 2.52 bits per heavy atom. The minimum absolute atomic E-state index is 0.214. The molecule has 1 aliphatic heterocycles. The number of hydrogen-bond donors (Lipinski definition) is 1. The number of benzene rings is 2. The Hall–Kier alpha value is -3.97. The van der Waals surface area contributed by atoms with Crippen molar-refractivity contribution < 1.29 is 13.9 Å². The lowest BCUT2D eigenvalue weighted by Gasteiger charge is -2.26. The molecule has 4 aromatic rings. The van der Waals surface area contributed by atoms with E-state index in [0.29, 0.717) is 27.8 Å². The topological polar surface area (TPSA) is 67.6 Å². The molecule has 0 aliphatic carbocycles. The van der Waals surface area contributed by atoms with E-state index in [-0.39, 0.29) is 12.1 Å². The molecule has 1 aliphatic rings. The molecule has 0 amide bonds. The van der Waals surface area contributed by atoms with E-state index in [1.54, 1.807) is 18.3 Å². The minimum Gasteiger partial charge on any atom is -0.465 e. The van der Waals surface area contributed by atoms with Crippen LogP contribution < -0.4 is 10.2 Å². The number of nitrogens with zero attached hydrogens (tertiary/aromatic N) is 2. The number of furan rings is 1. The zero-order chi connectivity index (χ0) is 22.8. The Balaban J connectivity index is 1.60. The summed E-state index contributed by atoms with van der Waals surface area (Å²) in [6.45, 7) is 0. The number of anilines is 1. The summed E-state index contributed by atoms with van der Waals surface area (Å²) in [4.78, 5) is 18.9. The third kappa shape index (κ3) is 3.87. The zero-order valence-corrected chi connectivity index (χ0v) is 18.7. The number of esters is 1. The van der Waals surface area contributed by atoms with E-state index in [1.165, 1.54) is 7.11 Å². The fourth-order valence-electron chi connectivity index (χ4n) is 4.15. The molecular weight excluding hydrogens is 434 g/mol. The molecule has 0 saturated carbocycles. The van der Waals surface area contributed by atoms with Crippen LogP contribution in [-0.2, 0) is 4.74 Å². The fourth-order valence-corrected chi connectivity index (χ4v) is 4.50. The van der Waals surface area contributed by atoms with E-state index in [2.05, 4.69) is 10.3 Å². The van der Waals surface area contributed by atoms with Crippen molar-refractivity contribution in [1.82, 2.24) is 10.3 Å². The maximum Gasteiger partial charge on any atom is 0.338 e. The first kappa shape index (κ1) is 20.9. The van der Waals surface area contributed by atoms with Gasteiger partial charge in [0.05, 0.1) is 24.4 Å². The van der Waals surface area contributed by atoms with Crippen LogP contribution in [0.2, 0.25) is 0 Å². The third-order valence-corrected chi connectivity index (χ3v) is 5.96. The number of methoxy groups -OCH3 is 1. The highest BCUT2D eigenvalue weighted by Crippen LogP contribution is 2.43. The van der Waals surface area contributed by atoms with Crippen LogP contribution in [0.15, 0.2) is 95.5 Å². The SMILES string of the molecule is COC(=O)c1ccccc1-c1ccc([C@@H]2[C@H](c3ccccn3)NC(=S)N2c2ccccc2)o1. The van der Waals surface area contributed by atoms with E-state index < -0.39 is 5.97 Å². The summed E-state index contributed by atoms with van der Waals surface area (Å²) < 4.78 is 11.3. The molecular formula is C26H21N3O3S. The van der Waals surface area contributed by atoms with Crippen LogP contribution in [0.3, 0.4) is 0 Å². The Morgan fingerprint density at radius 2 is 1.76 bits per heavy atom. The monoisotopic (exact) mass is 455 g/mol. The van der Waals surface area contributed by atoms with E-state index >= 15 is 0 Å². The maximum absolute atomic E-state index is 12.3. The number of thiocarbonyl (C=S) groups is 1. The molecule has 0 bridgehead atoms. The Kier molecular flexibility index (Phi) is 5.62. The van der Waals surface area contributed by atoms with Gasteiger partial charge in [0.1, 0.15) is 17.6 Å². The quantitative estimate of drug-likeness (QED) is 0.323. The van der Waals surface area contributed by atoms with Gasteiger partial charge in [0.15, 0.2) is 5.11 Å². The average molecular weight is 456 g/mol. The van der Waals surface area contributed by atoms with Gasteiger partial charge in [-0.05, 0) is 54.7 Å².